The minimum absolute atomic E-state index is 0.0511. The molecule has 0 heterocycles. The average molecular weight is 281 g/mol. The minimum atomic E-state index is -0.0511. The predicted molar refractivity (Wildman–Crippen MR) is 92.0 cm³/mol. The highest BCUT2D eigenvalue weighted by atomic mass is 14.6. The Balaban J connectivity index is 2.47. The van der Waals surface area contributed by atoms with Crippen LogP contribution in [0.15, 0.2) is 30.3 Å². The molecule has 1 unspecified atom stereocenters. The molecule has 2 aromatic rings. The lowest BCUT2D eigenvalue weighted by atomic mass is 9.86. The van der Waals surface area contributed by atoms with Crippen LogP contribution >= 0.6 is 0 Å². The van der Waals surface area contributed by atoms with Crippen molar-refractivity contribution in [3.05, 3.63) is 69.3 Å². The molecule has 2 N–H and O–H groups in total. The topological polar surface area (TPSA) is 26.0 Å². The molecule has 0 aliphatic heterocycles. The molecule has 0 fully saturated rings. The van der Waals surface area contributed by atoms with Crippen molar-refractivity contribution in [3.63, 3.8) is 0 Å². The first-order valence-corrected chi connectivity index (χ1v) is 7.75. The van der Waals surface area contributed by atoms with Gasteiger partial charge in [-0.2, -0.15) is 0 Å². The van der Waals surface area contributed by atoms with Gasteiger partial charge < -0.3 is 5.73 Å². The first kappa shape index (κ1) is 15.8. The zero-order valence-corrected chi connectivity index (χ0v) is 14.1. The normalized spacial score (nSPS) is 12.8. The molecule has 0 saturated carbocycles. The molecule has 0 bridgehead atoms. The molecule has 1 heteroatoms. The van der Waals surface area contributed by atoms with Gasteiger partial charge in [0.1, 0.15) is 0 Å². The average Bonchev–Trinajstić information content (AvgIpc) is 2.45. The molecule has 0 amide bonds. The molecule has 1 nitrogen and oxygen atoms in total. The molecule has 0 saturated heterocycles. The van der Waals surface area contributed by atoms with Gasteiger partial charge in [0.05, 0.1) is 6.04 Å². The van der Waals surface area contributed by atoms with Crippen LogP contribution < -0.4 is 5.73 Å². The molecule has 21 heavy (non-hydrogen) atoms. The summed E-state index contributed by atoms with van der Waals surface area (Å²) in [5.41, 5.74) is 15.7. The smallest absolute Gasteiger partial charge is 0.0557 e. The molecule has 112 valence electrons. The van der Waals surface area contributed by atoms with E-state index >= 15 is 0 Å². The van der Waals surface area contributed by atoms with E-state index < -0.39 is 0 Å². The van der Waals surface area contributed by atoms with Gasteiger partial charge in [-0.1, -0.05) is 44.2 Å². The lowest BCUT2D eigenvalue weighted by molar-refractivity contribution is 0.833. The van der Waals surface area contributed by atoms with Crippen molar-refractivity contribution >= 4 is 0 Å². The second kappa shape index (κ2) is 6.03. The summed E-state index contributed by atoms with van der Waals surface area (Å²) in [6.07, 6.45) is 0. The predicted octanol–water partition coefficient (Wildman–Crippen LogP) is 5.09. The maximum atomic E-state index is 6.58. The summed E-state index contributed by atoms with van der Waals surface area (Å²) in [6.45, 7) is 13.1. The summed E-state index contributed by atoms with van der Waals surface area (Å²) in [4.78, 5) is 0. The van der Waals surface area contributed by atoms with E-state index in [1.54, 1.807) is 0 Å². The summed E-state index contributed by atoms with van der Waals surface area (Å²) in [7, 11) is 0. The third kappa shape index (κ3) is 3.03. The highest BCUT2D eigenvalue weighted by Gasteiger charge is 2.17. The van der Waals surface area contributed by atoms with Crippen molar-refractivity contribution in [2.45, 2.75) is 53.5 Å². The molecule has 0 radical (unpaired) electrons. The van der Waals surface area contributed by atoms with Crippen LogP contribution in [-0.4, -0.2) is 0 Å². The van der Waals surface area contributed by atoms with Crippen molar-refractivity contribution in [2.75, 3.05) is 0 Å². The van der Waals surface area contributed by atoms with Crippen LogP contribution in [0.5, 0.6) is 0 Å². The fourth-order valence-corrected chi connectivity index (χ4v) is 2.97. The van der Waals surface area contributed by atoms with Crippen molar-refractivity contribution in [1.82, 2.24) is 0 Å². The van der Waals surface area contributed by atoms with Crippen LogP contribution in [0.3, 0.4) is 0 Å². The Hall–Kier alpha value is -1.60. The molecule has 2 rings (SSSR count). The van der Waals surface area contributed by atoms with Gasteiger partial charge in [-0.25, -0.2) is 0 Å². The number of benzene rings is 2. The highest BCUT2D eigenvalue weighted by Crippen LogP contribution is 2.30. The zero-order valence-electron chi connectivity index (χ0n) is 14.1. The molecule has 0 aromatic heterocycles. The number of nitrogens with two attached hydrogens (primary N) is 1. The largest absolute Gasteiger partial charge is 0.320 e. The minimum Gasteiger partial charge on any atom is -0.320 e. The summed E-state index contributed by atoms with van der Waals surface area (Å²) < 4.78 is 0. The van der Waals surface area contributed by atoms with Crippen molar-refractivity contribution < 1.29 is 0 Å². The summed E-state index contributed by atoms with van der Waals surface area (Å²) in [5.74, 6) is 0.556. The fraction of sp³-hybridized carbons (Fsp3) is 0.400. The molecule has 0 spiro atoms. The Kier molecular flexibility index (Phi) is 4.53. The van der Waals surface area contributed by atoms with Gasteiger partial charge in [-0.15, -0.1) is 0 Å². The second-order valence-corrected chi connectivity index (χ2v) is 6.47. The third-order valence-electron chi connectivity index (χ3n) is 4.70. The van der Waals surface area contributed by atoms with E-state index in [0.717, 1.165) is 0 Å². The lowest BCUT2D eigenvalue weighted by Crippen LogP contribution is -2.16. The molecular formula is C20H27N. The van der Waals surface area contributed by atoms with Crippen LogP contribution in [0.25, 0.3) is 0 Å². The van der Waals surface area contributed by atoms with Gasteiger partial charge >= 0.3 is 0 Å². The number of hydrogen-bond donors (Lipinski definition) is 1. The first-order valence-electron chi connectivity index (χ1n) is 7.75. The monoisotopic (exact) mass is 281 g/mol. The second-order valence-electron chi connectivity index (χ2n) is 6.47. The first-order chi connectivity index (χ1) is 9.82. The van der Waals surface area contributed by atoms with Gasteiger partial charge in [-0.3, -0.25) is 0 Å². The molecule has 1 atom stereocenters. The van der Waals surface area contributed by atoms with Crippen molar-refractivity contribution in [1.29, 1.82) is 0 Å². The number of rotatable bonds is 3. The van der Waals surface area contributed by atoms with Gasteiger partial charge in [0.2, 0.25) is 0 Å². The Morgan fingerprint density at radius 3 is 1.62 bits per heavy atom. The van der Waals surface area contributed by atoms with Crippen LogP contribution in [0.4, 0.5) is 0 Å². The molecule has 0 aliphatic carbocycles. The third-order valence-corrected chi connectivity index (χ3v) is 4.70. The van der Waals surface area contributed by atoms with Gasteiger partial charge in [-0.05, 0) is 72.6 Å². The van der Waals surface area contributed by atoms with Gasteiger partial charge in [0.25, 0.3) is 0 Å². The maximum Gasteiger partial charge on any atom is 0.0557 e. The Bertz CT molecular complexity index is 610. The van der Waals surface area contributed by atoms with E-state index in [0.29, 0.717) is 5.92 Å². The van der Waals surface area contributed by atoms with Crippen molar-refractivity contribution in [2.24, 2.45) is 5.73 Å². The standard InChI is InChI=1S/C20H27N/c1-12(2)17-7-9-18(10-8-17)20(21)19-15(5)13(3)11-14(4)16(19)6/h7-12,20H,21H2,1-6H3. The summed E-state index contributed by atoms with van der Waals surface area (Å²) >= 11 is 0. The lowest BCUT2D eigenvalue weighted by Gasteiger charge is -2.22. The van der Waals surface area contributed by atoms with E-state index in [4.69, 9.17) is 5.73 Å². The highest BCUT2D eigenvalue weighted by molar-refractivity contribution is 5.48. The van der Waals surface area contributed by atoms with Crippen LogP contribution in [-0.2, 0) is 0 Å². The van der Waals surface area contributed by atoms with Gasteiger partial charge in [0.15, 0.2) is 0 Å². The van der Waals surface area contributed by atoms with E-state index in [1.165, 1.54) is 38.9 Å². The zero-order chi connectivity index (χ0) is 15.7. The van der Waals surface area contributed by atoms with E-state index in [9.17, 15) is 0 Å². The Morgan fingerprint density at radius 1 is 0.762 bits per heavy atom. The quantitative estimate of drug-likeness (QED) is 0.833. The number of aryl methyl sites for hydroxylation is 2. The van der Waals surface area contributed by atoms with Gasteiger partial charge in [0, 0.05) is 0 Å². The van der Waals surface area contributed by atoms with Crippen LogP contribution in [0.1, 0.15) is 64.8 Å². The maximum absolute atomic E-state index is 6.58. The van der Waals surface area contributed by atoms with E-state index in [1.807, 2.05) is 0 Å². The fourth-order valence-electron chi connectivity index (χ4n) is 2.97. The van der Waals surface area contributed by atoms with E-state index in [-0.39, 0.29) is 6.04 Å². The Labute approximate surface area is 129 Å². The van der Waals surface area contributed by atoms with Crippen LogP contribution in [0.2, 0.25) is 0 Å². The molecule has 0 aliphatic rings. The SMILES string of the molecule is Cc1cc(C)c(C)c(C(N)c2ccc(C(C)C)cc2)c1C. The summed E-state index contributed by atoms with van der Waals surface area (Å²) in [6, 6.07) is 11.0. The Morgan fingerprint density at radius 2 is 1.19 bits per heavy atom. The summed E-state index contributed by atoms with van der Waals surface area (Å²) in [5, 5.41) is 0. The molecule has 2 aromatic carbocycles. The van der Waals surface area contributed by atoms with Crippen molar-refractivity contribution in [3.8, 4) is 0 Å². The van der Waals surface area contributed by atoms with Crippen LogP contribution in [0, 0.1) is 27.7 Å². The van der Waals surface area contributed by atoms with E-state index in [2.05, 4.69) is 71.9 Å². The number of hydrogen-bond acceptors (Lipinski definition) is 1. The molecular weight excluding hydrogens is 254 g/mol.